The topological polar surface area (TPSA) is 9.23 Å². The molecule has 0 aliphatic carbocycles. The van der Waals surface area contributed by atoms with Crippen LogP contribution in [0.3, 0.4) is 0 Å². The Morgan fingerprint density at radius 3 is 2.92 bits per heavy atom. The Kier molecular flexibility index (Phi) is 2.65. The lowest BCUT2D eigenvalue weighted by atomic mass is 9.97. The predicted molar refractivity (Wildman–Crippen MR) is 53.3 cm³/mol. The first-order valence-corrected chi connectivity index (χ1v) is 4.86. The summed E-state index contributed by atoms with van der Waals surface area (Å²) in [6.45, 7) is 2.87. The highest BCUT2D eigenvalue weighted by molar-refractivity contribution is 5.28. The van der Waals surface area contributed by atoms with Crippen LogP contribution in [0.15, 0.2) is 24.3 Å². The van der Waals surface area contributed by atoms with Crippen molar-refractivity contribution in [1.82, 2.24) is 0 Å². The van der Waals surface area contributed by atoms with Crippen LogP contribution in [0, 0.1) is 6.42 Å². The molecule has 0 amide bonds. The molecule has 1 nitrogen and oxygen atoms in total. The Hall–Kier alpha value is -0.820. The summed E-state index contributed by atoms with van der Waals surface area (Å²) in [6, 6.07) is 8.55. The van der Waals surface area contributed by atoms with Gasteiger partial charge in [-0.1, -0.05) is 31.2 Å². The highest BCUT2D eigenvalue weighted by Gasteiger charge is 2.17. The molecular weight excluding hydrogens is 160 g/mol. The highest BCUT2D eigenvalue weighted by atomic mass is 16.5. The maximum absolute atomic E-state index is 5.71. The molecule has 2 rings (SSSR count). The molecule has 0 bridgehead atoms. The van der Waals surface area contributed by atoms with Crippen molar-refractivity contribution in [3.05, 3.63) is 41.8 Å². The van der Waals surface area contributed by atoms with Crippen LogP contribution < -0.4 is 0 Å². The van der Waals surface area contributed by atoms with E-state index in [1.807, 2.05) is 0 Å². The zero-order chi connectivity index (χ0) is 9.10. The van der Waals surface area contributed by atoms with E-state index in [-0.39, 0.29) is 0 Å². The van der Waals surface area contributed by atoms with Gasteiger partial charge in [-0.3, -0.25) is 0 Å². The van der Waals surface area contributed by atoms with Crippen molar-refractivity contribution in [3.8, 4) is 0 Å². The lowest BCUT2D eigenvalue weighted by Gasteiger charge is -2.24. The van der Waals surface area contributed by atoms with Gasteiger partial charge in [0.1, 0.15) is 0 Å². The molecule has 0 saturated carbocycles. The van der Waals surface area contributed by atoms with E-state index in [9.17, 15) is 0 Å². The fourth-order valence-electron chi connectivity index (χ4n) is 1.82. The number of hydrogen-bond donors (Lipinski definition) is 0. The van der Waals surface area contributed by atoms with Crippen LogP contribution in [-0.4, -0.2) is 6.10 Å². The predicted octanol–water partition coefficient (Wildman–Crippen LogP) is 2.74. The molecule has 1 heteroatoms. The summed E-state index contributed by atoms with van der Waals surface area (Å²) in [4.78, 5) is 0. The SMILES string of the molecule is C[CH]CC1Cc2ccccc2CO1. The third kappa shape index (κ3) is 1.92. The molecule has 0 aromatic heterocycles. The first-order valence-electron chi connectivity index (χ1n) is 4.86. The molecule has 1 aliphatic heterocycles. The van der Waals surface area contributed by atoms with Crippen LogP contribution in [-0.2, 0) is 17.8 Å². The van der Waals surface area contributed by atoms with Gasteiger partial charge in [-0.2, -0.15) is 0 Å². The first kappa shape index (κ1) is 8.76. The summed E-state index contributed by atoms with van der Waals surface area (Å²) in [6.07, 6.45) is 4.72. The van der Waals surface area contributed by atoms with Crippen LogP contribution in [0.5, 0.6) is 0 Å². The highest BCUT2D eigenvalue weighted by Crippen LogP contribution is 2.22. The average molecular weight is 175 g/mol. The molecule has 0 spiro atoms. The normalized spacial score (nSPS) is 21.2. The second-order valence-corrected chi connectivity index (χ2v) is 3.55. The van der Waals surface area contributed by atoms with Crippen molar-refractivity contribution in [2.75, 3.05) is 0 Å². The molecule has 0 fully saturated rings. The van der Waals surface area contributed by atoms with Gasteiger partial charge in [-0.05, 0) is 30.4 Å². The van der Waals surface area contributed by atoms with E-state index in [1.54, 1.807) is 0 Å². The summed E-state index contributed by atoms with van der Waals surface area (Å²) < 4.78 is 5.71. The van der Waals surface area contributed by atoms with Gasteiger partial charge < -0.3 is 4.74 Å². The molecule has 1 radical (unpaired) electrons. The molecule has 69 valence electrons. The third-order valence-corrected chi connectivity index (χ3v) is 2.54. The lowest BCUT2D eigenvalue weighted by molar-refractivity contribution is 0.0285. The van der Waals surface area contributed by atoms with Gasteiger partial charge in [0.2, 0.25) is 0 Å². The van der Waals surface area contributed by atoms with Crippen LogP contribution in [0.2, 0.25) is 0 Å². The number of fused-ring (bicyclic) bond motifs is 1. The third-order valence-electron chi connectivity index (χ3n) is 2.54. The van der Waals surface area contributed by atoms with E-state index < -0.39 is 0 Å². The van der Waals surface area contributed by atoms with Gasteiger partial charge in [-0.25, -0.2) is 0 Å². The van der Waals surface area contributed by atoms with Crippen LogP contribution in [0.1, 0.15) is 24.5 Å². The Morgan fingerprint density at radius 1 is 1.38 bits per heavy atom. The van der Waals surface area contributed by atoms with Crippen LogP contribution in [0.4, 0.5) is 0 Å². The number of hydrogen-bond acceptors (Lipinski definition) is 1. The largest absolute Gasteiger partial charge is 0.373 e. The molecule has 13 heavy (non-hydrogen) atoms. The summed E-state index contributed by atoms with van der Waals surface area (Å²) in [5.41, 5.74) is 2.82. The Labute approximate surface area is 79.7 Å². The molecule has 1 atom stereocenters. The maximum atomic E-state index is 5.71. The summed E-state index contributed by atoms with van der Waals surface area (Å²) in [5, 5.41) is 0. The molecule has 1 aliphatic rings. The number of rotatable bonds is 2. The van der Waals surface area contributed by atoms with Gasteiger partial charge in [-0.15, -0.1) is 0 Å². The minimum Gasteiger partial charge on any atom is -0.373 e. The Bertz CT molecular complexity index is 280. The van der Waals surface area contributed by atoms with Gasteiger partial charge in [0.15, 0.2) is 0 Å². The summed E-state index contributed by atoms with van der Waals surface area (Å²) in [5.74, 6) is 0. The molecule has 0 N–H and O–H groups in total. The van der Waals surface area contributed by atoms with E-state index in [2.05, 4.69) is 37.6 Å². The van der Waals surface area contributed by atoms with Crippen LogP contribution in [0.25, 0.3) is 0 Å². The van der Waals surface area contributed by atoms with Crippen molar-refractivity contribution in [2.24, 2.45) is 0 Å². The van der Waals surface area contributed by atoms with Crippen molar-refractivity contribution in [2.45, 2.75) is 32.5 Å². The number of ether oxygens (including phenoxy) is 1. The second-order valence-electron chi connectivity index (χ2n) is 3.55. The molecular formula is C12H15O. The zero-order valence-electron chi connectivity index (χ0n) is 7.99. The van der Waals surface area contributed by atoms with E-state index in [1.165, 1.54) is 11.1 Å². The van der Waals surface area contributed by atoms with Gasteiger partial charge in [0.25, 0.3) is 0 Å². The van der Waals surface area contributed by atoms with E-state index >= 15 is 0 Å². The molecule has 1 aromatic rings. The van der Waals surface area contributed by atoms with E-state index in [0.717, 1.165) is 19.4 Å². The Balaban J connectivity index is 2.11. The zero-order valence-corrected chi connectivity index (χ0v) is 7.99. The van der Waals surface area contributed by atoms with Crippen molar-refractivity contribution < 1.29 is 4.74 Å². The molecule has 1 aromatic carbocycles. The quantitative estimate of drug-likeness (QED) is 0.671. The second kappa shape index (κ2) is 3.93. The van der Waals surface area contributed by atoms with Crippen molar-refractivity contribution in [1.29, 1.82) is 0 Å². The average Bonchev–Trinajstić information content (AvgIpc) is 2.18. The van der Waals surface area contributed by atoms with Crippen molar-refractivity contribution in [3.63, 3.8) is 0 Å². The summed E-state index contributed by atoms with van der Waals surface area (Å²) >= 11 is 0. The molecule has 1 unspecified atom stereocenters. The fraction of sp³-hybridized carbons (Fsp3) is 0.417. The van der Waals surface area contributed by atoms with Crippen molar-refractivity contribution >= 4 is 0 Å². The van der Waals surface area contributed by atoms with E-state index in [4.69, 9.17) is 4.74 Å². The number of benzene rings is 1. The minimum absolute atomic E-state index is 0.403. The van der Waals surface area contributed by atoms with Gasteiger partial charge >= 0.3 is 0 Å². The fourth-order valence-corrected chi connectivity index (χ4v) is 1.82. The summed E-state index contributed by atoms with van der Waals surface area (Å²) in [7, 11) is 0. The molecule has 1 heterocycles. The lowest BCUT2D eigenvalue weighted by Crippen LogP contribution is -2.21. The van der Waals surface area contributed by atoms with Crippen LogP contribution >= 0.6 is 0 Å². The Morgan fingerprint density at radius 2 is 2.15 bits per heavy atom. The monoisotopic (exact) mass is 175 g/mol. The van der Waals surface area contributed by atoms with Gasteiger partial charge in [0.05, 0.1) is 12.7 Å². The first-order chi connectivity index (χ1) is 6.40. The smallest absolute Gasteiger partial charge is 0.0723 e. The molecule has 0 saturated heterocycles. The maximum Gasteiger partial charge on any atom is 0.0723 e. The van der Waals surface area contributed by atoms with Gasteiger partial charge in [0, 0.05) is 0 Å². The minimum atomic E-state index is 0.403. The standard InChI is InChI=1S/C12H15O/c1-2-5-12-8-10-6-3-4-7-11(10)9-13-12/h2-4,6-7,12H,5,8-9H2,1H3. The van der Waals surface area contributed by atoms with E-state index in [0.29, 0.717) is 6.10 Å².